The summed E-state index contributed by atoms with van der Waals surface area (Å²) in [6.45, 7) is 11.2. The van der Waals surface area contributed by atoms with Crippen molar-refractivity contribution in [3.8, 4) is 0 Å². The maximum Gasteiger partial charge on any atom is 0.0234 e. The zero-order chi connectivity index (χ0) is 22.7. The number of hydrogen-bond acceptors (Lipinski definition) is 1. The van der Waals surface area contributed by atoms with Crippen molar-refractivity contribution in [3.63, 3.8) is 0 Å². The van der Waals surface area contributed by atoms with Gasteiger partial charge in [0, 0.05) is 5.75 Å². The number of rotatable bonds is 12. The standard InChI is InChI=1S/C25H34S.C5H12/c1-4-5-6-7-8-9-14-19-26-20-25(23-17-12-10-15-21(23)2)24-18-13-11-16-22(24)3;1-3-5-4-2/h10-19,21H,4-9,20H2,1-3H3;3-5H2,1-2H3/b19-14-,25-23-;. The van der Waals surface area contributed by atoms with Gasteiger partial charge in [-0.15, -0.1) is 11.8 Å². The second-order valence-corrected chi connectivity index (χ2v) is 9.41. The first-order valence-corrected chi connectivity index (χ1v) is 13.6. The third kappa shape index (κ3) is 11.6. The van der Waals surface area contributed by atoms with Crippen LogP contribution in [-0.2, 0) is 0 Å². The Morgan fingerprint density at radius 3 is 2.26 bits per heavy atom. The molecule has 1 atom stereocenters. The molecule has 172 valence electrons. The molecule has 2 rings (SSSR count). The first-order chi connectivity index (χ1) is 15.2. The molecule has 0 saturated heterocycles. The Bertz CT molecular complexity index is 703. The van der Waals surface area contributed by atoms with Gasteiger partial charge < -0.3 is 0 Å². The second kappa shape index (κ2) is 18.1. The third-order valence-electron chi connectivity index (χ3n) is 5.70. The number of allylic oxidation sites excluding steroid dienone is 6. The lowest BCUT2D eigenvalue weighted by molar-refractivity contribution is 0.637. The maximum atomic E-state index is 2.36. The molecule has 0 aromatic heterocycles. The zero-order valence-corrected chi connectivity index (χ0v) is 21.6. The smallest absolute Gasteiger partial charge is 0.0234 e. The Morgan fingerprint density at radius 1 is 0.903 bits per heavy atom. The predicted molar refractivity (Wildman–Crippen MR) is 146 cm³/mol. The molecule has 0 aliphatic heterocycles. The first kappa shape index (κ1) is 27.6. The van der Waals surface area contributed by atoms with E-state index in [9.17, 15) is 0 Å². The van der Waals surface area contributed by atoms with Crippen molar-refractivity contribution >= 4 is 17.3 Å². The molecule has 1 unspecified atom stereocenters. The molecule has 1 aromatic rings. The molecule has 0 saturated carbocycles. The lowest BCUT2D eigenvalue weighted by atomic mass is 9.88. The SMILES string of the molecule is CCCCC.CCCCCCC/C=C\SC/C(=C1\C=CC=CC1C)c1ccccc1C. The van der Waals surface area contributed by atoms with Crippen molar-refractivity contribution < 1.29 is 0 Å². The van der Waals surface area contributed by atoms with E-state index in [1.807, 2.05) is 11.8 Å². The number of benzene rings is 1. The summed E-state index contributed by atoms with van der Waals surface area (Å²) in [6.07, 6.45) is 23.4. The van der Waals surface area contributed by atoms with Crippen LogP contribution in [0.15, 0.2) is 65.6 Å². The van der Waals surface area contributed by atoms with Crippen LogP contribution in [0.5, 0.6) is 0 Å². The summed E-state index contributed by atoms with van der Waals surface area (Å²) < 4.78 is 0. The van der Waals surface area contributed by atoms with Crippen LogP contribution in [0, 0.1) is 12.8 Å². The van der Waals surface area contributed by atoms with Crippen LogP contribution >= 0.6 is 11.8 Å². The van der Waals surface area contributed by atoms with Crippen LogP contribution in [0.25, 0.3) is 5.57 Å². The van der Waals surface area contributed by atoms with E-state index in [4.69, 9.17) is 0 Å². The topological polar surface area (TPSA) is 0 Å². The highest BCUT2D eigenvalue weighted by atomic mass is 32.2. The average Bonchev–Trinajstić information content (AvgIpc) is 2.78. The van der Waals surface area contributed by atoms with Crippen molar-refractivity contribution in [2.24, 2.45) is 5.92 Å². The molecule has 0 spiro atoms. The molecule has 0 nitrogen and oxygen atoms in total. The molecular weight excluding hydrogens is 392 g/mol. The van der Waals surface area contributed by atoms with E-state index in [2.05, 4.69) is 94.7 Å². The van der Waals surface area contributed by atoms with E-state index in [1.54, 1.807) is 0 Å². The van der Waals surface area contributed by atoms with Gasteiger partial charge in [-0.05, 0) is 53.4 Å². The minimum Gasteiger partial charge on any atom is -0.130 e. The fourth-order valence-electron chi connectivity index (χ4n) is 3.74. The number of unbranched alkanes of at least 4 members (excludes halogenated alkanes) is 7. The summed E-state index contributed by atoms with van der Waals surface area (Å²) in [4.78, 5) is 0. The summed E-state index contributed by atoms with van der Waals surface area (Å²) >= 11 is 1.93. The molecule has 0 N–H and O–H groups in total. The average molecular weight is 439 g/mol. The summed E-state index contributed by atoms with van der Waals surface area (Å²) in [5.41, 5.74) is 5.71. The van der Waals surface area contributed by atoms with Crippen LogP contribution in [0.2, 0.25) is 0 Å². The molecule has 0 heterocycles. The van der Waals surface area contributed by atoms with Crippen LogP contribution < -0.4 is 0 Å². The highest BCUT2D eigenvalue weighted by Gasteiger charge is 2.14. The van der Waals surface area contributed by atoms with Gasteiger partial charge in [-0.2, -0.15) is 0 Å². The number of hydrogen-bond donors (Lipinski definition) is 0. The first-order valence-electron chi connectivity index (χ1n) is 12.6. The molecule has 0 fully saturated rings. The van der Waals surface area contributed by atoms with Crippen LogP contribution in [0.4, 0.5) is 0 Å². The lowest BCUT2D eigenvalue weighted by Crippen LogP contribution is -2.03. The highest BCUT2D eigenvalue weighted by molar-refractivity contribution is 8.02. The molecule has 1 aromatic carbocycles. The second-order valence-electron chi connectivity index (χ2n) is 8.52. The van der Waals surface area contributed by atoms with Crippen molar-refractivity contribution in [3.05, 3.63) is 76.8 Å². The summed E-state index contributed by atoms with van der Waals surface area (Å²) in [5.74, 6) is 1.52. The number of aryl methyl sites for hydroxylation is 1. The molecule has 1 aliphatic rings. The van der Waals surface area contributed by atoms with Crippen LogP contribution in [0.3, 0.4) is 0 Å². The van der Waals surface area contributed by atoms with E-state index in [0.29, 0.717) is 5.92 Å². The Kier molecular flexibility index (Phi) is 16.1. The monoisotopic (exact) mass is 438 g/mol. The molecule has 1 heteroatoms. The largest absolute Gasteiger partial charge is 0.130 e. The van der Waals surface area contributed by atoms with Gasteiger partial charge in [0.1, 0.15) is 0 Å². The van der Waals surface area contributed by atoms with E-state index in [-0.39, 0.29) is 0 Å². The molecular formula is C30H46S. The molecule has 0 bridgehead atoms. The lowest BCUT2D eigenvalue weighted by Gasteiger charge is -2.19. The number of thioether (sulfide) groups is 1. The molecule has 1 aliphatic carbocycles. The maximum absolute atomic E-state index is 2.36. The Balaban J connectivity index is 0.000000861. The van der Waals surface area contributed by atoms with Gasteiger partial charge in [0.15, 0.2) is 0 Å². The van der Waals surface area contributed by atoms with E-state index < -0.39 is 0 Å². The molecule has 31 heavy (non-hydrogen) atoms. The quantitative estimate of drug-likeness (QED) is 0.292. The van der Waals surface area contributed by atoms with Gasteiger partial charge in [0.05, 0.1) is 0 Å². The van der Waals surface area contributed by atoms with Gasteiger partial charge in [-0.1, -0.05) is 127 Å². The zero-order valence-electron chi connectivity index (χ0n) is 20.8. The fourth-order valence-corrected chi connectivity index (χ4v) is 4.59. The summed E-state index contributed by atoms with van der Waals surface area (Å²) in [7, 11) is 0. The van der Waals surface area contributed by atoms with Crippen LogP contribution in [0.1, 0.15) is 96.6 Å². The minimum atomic E-state index is 0.484. The van der Waals surface area contributed by atoms with E-state index >= 15 is 0 Å². The summed E-state index contributed by atoms with van der Waals surface area (Å²) in [6, 6.07) is 8.79. The Morgan fingerprint density at radius 2 is 1.61 bits per heavy atom. The normalized spacial score (nSPS) is 17.0. The van der Waals surface area contributed by atoms with Crippen molar-refractivity contribution in [1.82, 2.24) is 0 Å². The Labute approximate surface area is 198 Å². The van der Waals surface area contributed by atoms with Gasteiger partial charge in [-0.3, -0.25) is 0 Å². The van der Waals surface area contributed by atoms with E-state index in [1.165, 1.54) is 80.1 Å². The van der Waals surface area contributed by atoms with Crippen LogP contribution in [-0.4, -0.2) is 5.75 Å². The van der Waals surface area contributed by atoms with Crippen molar-refractivity contribution in [1.29, 1.82) is 0 Å². The van der Waals surface area contributed by atoms with Gasteiger partial charge >= 0.3 is 0 Å². The van der Waals surface area contributed by atoms with E-state index in [0.717, 1.165) is 5.75 Å². The molecule has 0 amide bonds. The predicted octanol–water partition coefficient (Wildman–Crippen LogP) is 10.3. The Hall–Kier alpha value is -1.47. The van der Waals surface area contributed by atoms with Gasteiger partial charge in [0.25, 0.3) is 0 Å². The summed E-state index contributed by atoms with van der Waals surface area (Å²) in [5, 5.41) is 2.31. The van der Waals surface area contributed by atoms with Crippen molar-refractivity contribution in [2.75, 3.05) is 5.75 Å². The fraction of sp³-hybridized carbons (Fsp3) is 0.533. The third-order valence-corrected chi connectivity index (χ3v) is 6.54. The van der Waals surface area contributed by atoms with Crippen molar-refractivity contribution in [2.45, 2.75) is 92.4 Å². The molecule has 0 radical (unpaired) electrons. The minimum absolute atomic E-state index is 0.484. The van der Waals surface area contributed by atoms with Gasteiger partial charge in [0.2, 0.25) is 0 Å². The highest BCUT2D eigenvalue weighted by Crippen LogP contribution is 2.32. The van der Waals surface area contributed by atoms with Gasteiger partial charge in [-0.25, -0.2) is 0 Å².